The molecule has 0 unspecified atom stereocenters. The number of aromatic nitrogens is 3. The number of nitro groups is 1. The lowest BCUT2D eigenvalue weighted by Crippen LogP contribution is -1.98. The van der Waals surface area contributed by atoms with Crippen LogP contribution >= 0.6 is 11.6 Å². The third kappa shape index (κ3) is 2.72. The summed E-state index contributed by atoms with van der Waals surface area (Å²) in [6, 6.07) is 15.6. The number of pyridine rings is 1. The standard InChI is InChI=1S/C18H11ClN4O2/c19-13-4-1-5-14(9-13)22-17-10-15(23(24)25)6-7-16(17)21-18(22)12-3-2-8-20-11-12/h1-11H. The number of rotatable bonds is 3. The molecule has 0 spiro atoms. The molecule has 0 N–H and O–H groups in total. The van der Waals surface area contributed by atoms with Crippen LogP contribution in [0.2, 0.25) is 5.02 Å². The fourth-order valence-electron chi connectivity index (χ4n) is 2.74. The number of hydrogen-bond acceptors (Lipinski definition) is 4. The maximum absolute atomic E-state index is 11.2. The van der Waals surface area contributed by atoms with Crippen molar-refractivity contribution in [2.75, 3.05) is 0 Å². The number of imidazole rings is 1. The number of nitro benzene ring substituents is 1. The summed E-state index contributed by atoms with van der Waals surface area (Å²) in [6.45, 7) is 0. The molecule has 122 valence electrons. The Bertz CT molecular complexity index is 1090. The summed E-state index contributed by atoms with van der Waals surface area (Å²) < 4.78 is 1.85. The van der Waals surface area contributed by atoms with Crippen molar-refractivity contribution in [1.82, 2.24) is 14.5 Å². The summed E-state index contributed by atoms with van der Waals surface area (Å²) in [7, 11) is 0. The summed E-state index contributed by atoms with van der Waals surface area (Å²) in [5.41, 5.74) is 2.88. The molecule has 2 heterocycles. The number of halogens is 1. The van der Waals surface area contributed by atoms with Gasteiger partial charge in [-0.3, -0.25) is 19.7 Å². The minimum absolute atomic E-state index is 0.00779. The van der Waals surface area contributed by atoms with E-state index in [2.05, 4.69) is 9.97 Å². The van der Waals surface area contributed by atoms with Gasteiger partial charge in [0, 0.05) is 40.8 Å². The number of benzene rings is 2. The Labute approximate surface area is 147 Å². The van der Waals surface area contributed by atoms with Crippen LogP contribution in [-0.4, -0.2) is 19.5 Å². The molecule has 2 aromatic carbocycles. The second-order valence-corrected chi connectivity index (χ2v) is 5.86. The Morgan fingerprint density at radius 3 is 2.68 bits per heavy atom. The van der Waals surface area contributed by atoms with Gasteiger partial charge in [0.1, 0.15) is 5.82 Å². The molecule has 0 bridgehead atoms. The molecule has 0 amide bonds. The van der Waals surface area contributed by atoms with E-state index in [1.165, 1.54) is 12.1 Å². The lowest BCUT2D eigenvalue weighted by molar-refractivity contribution is -0.384. The molecule has 0 saturated heterocycles. The van der Waals surface area contributed by atoms with Crippen LogP contribution in [0.1, 0.15) is 0 Å². The van der Waals surface area contributed by atoms with Crippen LogP contribution in [0.5, 0.6) is 0 Å². The molecule has 0 aliphatic carbocycles. The highest BCUT2D eigenvalue weighted by Gasteiger charge is 2.17. The van der Waals surface area contributed by atoms with E-state index in [1.54, 1.807) is 30.6 Å². The molecule has 0 atom stereocenters. The van der Waals surface area contributed by atoms with Gasteiger partial charge in [0.2, 0.25) is 0 Å². The van der Waals surface area contributed by atoms with E-state index in [0.717, 1.165) is 11.3 Å². The third-order valence-corrected chi connectivity index (χ3v) is 4.07. The Hall–Kier alpha value is -3.25. The van der Waals surface area contributed by atoms with E-state index in [9.17, 15) is 10.1 Å². The third-order valence-electron chi connectivity index (χ3n) is 3.84. The van der Waals surface area contributed by atoms with Gasteiger partial charge in [0.05, 0.1) is 16.0 Å². The van der Waals surface area contributed by atoms with Gasteiger partial charge >= 0.3 is 0 Å². The Morgan fingerprint density at radius 1 is 1.08 bits per heavy atom. The molecule has 25 heavy (non-hydrogen) atoms. The molecule has 0 aliphatic heterocycles. The fraction of sp³-hybridized carbons (Fsp3) is 0. The molecule has 2 aromatic heterocycles. The van der Waals surface area contributed by atoms with E-state index in [4.69, 9.17) is 11.6 Å². The van der Waals surface area contributed by atoms with Gasteiger partial charge in [-0.25, -0.2) is 4.98 Å². The van der Waals surface area contributed by atoms with Crippen molar-refractivity contribution in [1.29, 1.82) is 0 Å². The van der Waals surface area contributed by atoms with Gasteiger partial charge in [0.25, 0.3) is 5.69 Å². The van der Waals surface area contributed by atoms with Crippen LogP contribution in [0.15, 0.2) is 67.0 Å². The van der Waals surface area contributed by atoms with Crippen molar-refractivity contribution < 1.29 is 4.92 Å². The highest BCUT2D eigenvalue weighted by Crippen LogP contribution is 2.31. The van der Waals surface area contributed by atoms with Crippen LogP contribution in [-0.2, 0) is 0 Å². The van der Waals surface area contributed by atoms with Gasteiger partial charge in [-0.2, -0.15) is 0 Å². The van der Waals surface area contributed by atoms with Gasteiger partial charge in [-0.05, 0) is 36.4 Å². The topological polar surface area (TPSA) is 73.8 Å². The first-order chi connectivity index (χ1) is 12.1. The zero-order chi connectivity index (χ0) is 17.4. The molecule has 0 saturated carbocycles. The lowest BCUT2D eigenvalue weighted by Gasteiger charge is -2.09. The first-order valence-electron chi connectivity index (χ1n) is 7.47. The zero-order valence-electron chi connectivity index (χ0n) is 12.8. The summed E-state index contributed by atoms with van der Waals surface area (Å²) >= 11 is 6.14. The van der Waals surface area contributed by atoms with Crippen molar-refractivity contribution in [2.24, 2.45) is 0 Å². The summed E-state index contributed by atoms with van der Waals surface area (Å²) in [5.74, 6) is 0.644. The summed E-state index contributed by atoms with van der Waals surface area (Å²) in [4.78, 5) is 19.5. The quantitative estimate of drug-likeness (QED) is 0.398. The molecule has 4 rings (SSSR count). The maximum atomic E-state index is 11.2. The number of fused-ring (bicyclic) bond motifs is 1. The number of hydrogen-bond donors (Lipinski definition) is 0. The predicted octanol–water partition coefficient (Wildman–Crippen LogP) is 4.65. The van der Waals surface area contributed by atoms with E-state index in [-0.39, 0.29) is 5.69 Å². The normalized spacial score (nSPS) is 10.9. The minimum atomic E-state index is -0.418. The number of non-ortho nitro benzene ring substituents is 1. The minimum Gasteiger partial charge on any atom is -0.292 e. The largest absolute Gasteiger partial charge is 0.292 e. The number of nitrogens with zero attached hydrogens (tertiary/aromatic N) is 4. The molecule has 6 nitrogen and oxygen atoms in total. The second-order valence-electron chi connectivity index (χ2n) is 5.42. The summed E-state index contributed by atoms with van der Waals surface area (Å²) in [5, 5.41) is 11.7. The van der Waals surface area contributed by atoms with E-state index >= 15 is 0 Å². The van der Waals surface area contributed by atoms with Crippen molar-refractivity contribution in [3.8, 4) is 17.1 Å². The highest BCUT2D eigenvalue weighted by molar-refractivity contribution is 6.30. The van der Waals surface area contributed by atoms with Crippen LogP contribution in [0.25, 0.3) is 28.1 Å². The van der Waals surface area contributed by atoms with Crippen LogP contribution in [0, 0.1) is 10.1 Å². The average molecular weight is 351 g/mol. The SMILES string of the molecule is O=[N+]([O-])c1ccc2nc(-c3cccnc3)n(-c3cccc(Cl)c3)c2c1. The Kier molecular flexibility index (Phi) is 3.66. The van der Waals surface area contributed by atoms with E-state index in [1.807, 2.05) is 28.8 Å². The Balaban J connectivity index is 2.07. The zero-order valence-corrected chi connectivity index (χ0v) is 13.6. The smallest absolute Gasteiger partial charge is 0.271 e. The van der Waals surface area contributed by atoms with Crippen molar-refractivity contribution in [2.45, 2.75) is 0 Å². The molecule has 4 aromatic rings. The van der Waals surface area contributed by atoms with Gasteiger partial charge in [-0.1, -0.05) is 17.7 Å². The monoisotopic (exact) mass is 350 g/mol. The molecule has 0 aliphatic rings. The van der Waals surface area contributed by atoms with Crippen LogP contribution < -0.4 is 0 Å². The molecule has 0 radical (unpaired) electrons. The van der Waals surface area contributed by atoms with Gasteiger partial charge in [-0.15, -0.1) is 0 Å². The van der Waals surface area contributed by atoms with E-state index < -0.39 is 4.92 Å². The van der Waals surface area contributed by atoms with Crippen molar-refractivity contribution in [3.05, 3.63) is 82.1 Å². The first-order valence-corrected chi connectivity index (χ1v) is 7.84. The van der Waals surface area contributed by atoms with Crippen LogP contribution in [0.4, 0.5) is 5.69 Å². The second kappa shape index (κ2) is 5.99. The maximum Gasteiger partial charge on any atom is 0.271 e. The summed E-state index contributed by atoms with van der Waals surface area (Å²) in [6.07, 6.45) is 3.39. The molecule has 0 fully saturated rings. The molecular formula is C18H11ClN4O2. The molecular weight excluding hydrogens is 340 g/mol. The highest BCUT2D eigenvalue weighted by atomic mass is 35.5. The van der Waals surface area contributed by atoms with Crippen molar-refractivity contribution >= 4 is 28.3 Å². The van der Waals surface area contributed by atoms with Crippen LogP contribution in [0.3, 0.4) is 0 Å². The predicted molar refractivity (Wildman–Crippen MR) is 96.0 cm³/mol. The Morgan fingerprint density at radius 2 is 1.96 bits per heavy atom. The molecule has 7 heteroatoms. The van der Waals surface area contributed by atoms with Crippen molar-refractivity contribution in [3.63, 3.8) is 0 Å². The van der Waals surface area contributed by atoms with Gasteiger partial charge < -0.3 is 0 Å². The lowest BCUT2D eigenvalue weighted by atomic mass is 10.2. The average Bonchev–Trinajstić information content (AvgIpc) is 3.01. The van der Waals surface area contributed by atoms with E-state index in [0.29, 0.717) is 21.9 Å². The first kappa shape index (κ1) is 15.3. The fourth-order valence-corrected chi connectivity index (χ4v) is 2.93. The van der Waals surface area contributed by atoms with Gasteiger partial charge in [0.15, 0.2) is 0 Å².